The fraction of sp³-hybridized carbons (Fsp3) is 0. The Morgan fingerprint density at radius 3 is 1.11 bits per heavy atom. The SMILES string of the molecule is [C-]#[N+]c1c(-n2c3ccc(-c4ccccc4)cc3c3cc(-c4ccccc4)ccc32)ccc(-c2cccc(C#N)c2)c1-n1c2ccc(-c3ccccc3)cc2c2cc(-c3ccccc3)ccc21. The van der Waals surface area contributed by atoms with Gasteiger partial charge in [-0.3, -0.25) is 0 Å². The lowest BCUT2D eigenvalue weighted by Gasteiger charge is -2.20. The highest BCUT2D eigenvalue weighted by Crippen LogP contribution is 2.47. The van der Waals surface area contributed by atoms with E-state index >= 15 is 0 Å². The van der Waals surface area contributed by atoms with Crippen LogP contribution in [-0.4, -0.2) is 9.13 Å². The van der Waals surface area contributed by atoms with Gasteiger partial charge in [-0.25, -0.2) is 4.85 Å². The van der Waals surface area contributed by atoms with Crippen molar-refractivity contribution in [3.05, 3.63) is 248 Å². The van der Waals surface area contributed by atoms with E-state index in [1.165, 1.54) is 0 Å². The summed E-state index contributed by atoms with van der Waals surface area (Å²) >= 11 is 0. The van der Waals surface area contributed by atoms with Gasteiger partial charge < -0.3 is 9.13 Å². The summed E-state index contributed by atoms with van der Waals surface area (Å²) in [5.41, 5.74) is 17.3. The molecule has 0 saturated carbocycles. The largest absolute Gasteiger partial charge is 0.319 e. The van der Waals surface area contributed by atoms with Crippen LogP contribution in [0, 0.1) is 17.9 Å². The van der Waals surface area contributed by atoms with E-state index in [1.54, 1.807) is 0 Å². The average Bonchev–Trinajstić information content (AvgIpc) is 3.90. The van der Waals surface area contributed by atoms with Crippen LogP contribution in [0.3, 0.4) is 0 Å². The van der Waals surface area contributed by atoms with Crippen LogP contribution in [-0.2, 0) is 0 Å². The first-order valence-electron chi connectivity index (χ1n) is 22.1. The maximum absolute atomic E-state index is 10.1. The summed E-state index contributed by atoms with van der Waals surface area (Å²) in [5, 5.41) is 14.5. The Morgan fingerprint density at radius 2 is 0.727 bits per heavy atom. The second-order valence-corrected chi connectivity index (χ2v) is 16.7. The predicted molar refractivity (Wildman–Crippen MR) is 273 cm³/mol. The Bertz CT molecular complexity index is 3730. The molecule has 4 heteroatoms. The summed E-state index contributed by atoms with van der Waals surface area (Å²) in [7, 11) is 0. The summed E-state index contributed by atoms with van der Waals surface area (Å²) in [5.74, 6) is 0. The molecule has 0 saturated heterocycles. The molecule has 10 aromatic carbocycles. The Balaban J connectivity index is 1.19. The number of fused-ring (bicyclic) bond motifs is 6. The molecule has 0 fully saturated rings. The molecule has 0 spiro atoms. The lowest BCUT2D eigenvalue weighted by molar-refractivity contribution is 1.15. The summed E-state index contributed by atoms with van der Waals surface area (Å²) in [6, 6.07) is 83.0. The van der Waals surface area contributed by atoms with Gasteiger partial charge in [-0.2, -0.15) is 5.26 Å². The zero-order valence-corrected chi connectivity index (χ0v) is 35.7. The quantitative estimate of drug-likeness (QED) is 0.147. The van der Waals surface area contributed by atoms with E-state index in [4.69, 9.17) is 0 Å². The molecule has 2 heterocycles. The Hall–Kier alpha value is -9.22. The van der Waals surface area contributed by atoms with Crippen molar-refractivity contribution in [3.63, 3.8) is 0 Å². The first kappa shape index (κ1) is 38.5. The van der Waals surface area contributed by atoms with Crippen molar-refractivity contribution in [1.29, 1.82) is 5.26 Å². The maximum Gasteiger partial charge on any atom is 0.234 e. The minimum atomic E-state index is 0.506. The highest BCUT2D eigenvalue weighted by molar-refractivity contribution is 6.15. The minimum absolute atomic E-state index is 0.506. The van der Waals surface area contributed by atoms with Crippen LogP contribution in [0.2, 0.25) is 0 Å². The molecule has 0 bridgehead atoms. The molecule has 0 aliphatic carbocycles. The second-order valence-electron chi connectivity index (χ2n) is 16.7. The first-order valence-corrected chi connectivity index (χ1v) is 22.1. The standard InChI is InChI=1S/C62H38N4/c1-64-61-60(65-56-30-25-46(42-16-6-2-7-17-42)36-52(56)53-37-47(26-31-57(53)65)43-18-8-3-9-19-43)34-29-51(50-24-14-15-41(35-50)40-63)62(61)66-58-32-27-48(44-20-10-4-11-21-44)38-54(58)55-39-49(28-33-59(55)66)45-22-12-5-13-23-45/h2-39H. The lowest BCUT2D eigenvalue weighted by Crippen LogP contribution is -2.02. The van der Waals surface area contributed by atoms with Crippen LogP contribution in [0.15, 0.2) is 231 Å². The number of nitrogens with zero attached hydrogens (tertiary/aromatic N) is 4. The van der Waals surface area contributed by atoms with Crippen LogP contribution in [0.5, 0.6) is 0 Å². The summed E-state index contributed by atoms with van der Waals surface area (Å²) in [4.78, 5) is 4.54. The summed E-state index contributed by atoms with van der Waals surface area (Å²) in [6.07, 6.45) is 0. The molecule has 12 aromatic rings. The number of aromatic nitrogens is 2. The molecule has 306 valence electrons. The van der Waals surface area contributed by atoms with Crippen molar-refractivity contribution in [1.82, 2.24) is 9.13 Å². The normalized spacial score (nSPS) is 11.3. The van der Waals surface area contributed by atoms with Gasteiger partial charge in [0.15, 0.2) is 0 Å². The molecular formula is C62H38N4. The van der Waals surface area contributed by atoms with E-state index in [-0.39, 0.29) is 0 Å². The van der Waals surface area contributed by atoms with E-state index in [0.29, 0.717) is 11.3 Å². The lowest BCUT2D eigenvalue weighted by atomic mass is 9.99. The zero-order valence-electron chi connectivity index (χ0n) is 35.7. The number of nitriles is 1. The third-order valence-electron chi connectivity index (χ3n) is 13.0. The zero-order chi connectivity index (χ0) is 44.1. The van der Waals surface area contributed by atoms with Gasteiger partial charge in [0.2, 0.25) is 5.69 Å². The summed E-state index contributed by atoms with van der Waals surface area (Å²) in [6.45, 7) is 9.23. The monoisotopic (exact) mass is 838 g/mol. The molecule has 0 aliphatic heterocycles. The van der Waals surface area contributed by atoms with Gasteiger partial charge in [0.25, 0.3) is 0 Å². The molecule has 4 nitrogen and oxygen atoms in total. The van der Waals surface area contributed by atoms with Gasteiger partial charge in [-0.1, -0.05) is 164 Å². The van der Waals surface area contributed by atoms with E-state index in [1.807, 2.05) is 48.5 Å². The molecular weight excluding hydrogens is 801 g/mol. The molecule has 0 N–H and O–H groups in total. The van der Waals surface area contributed by atoms with Crippen molar-refractivity contribution < 1.29 is 0 Å². The van der Waals surface area contributed by atoms with Crippen LogP contribution in [0.4, 0.5) is 5.69 Å². The third kappa shape index (κ3) is 6.36. The van der Waals surface area contributed by atoms with Crippen molar-refractivity contribution in [2.24, 2.45) is 0 Å². The predicted octanol–water partition coefficient (Wildman–Crippen LogP) is 16.6. The summed E-state index contributed by atoms with van der Waals surface area (Å²) < 4.78 is 4.56. The van der Waals surface area contributed by atoms with Gasteiger partial charge in [-0.15, -0.1) is 0 Å². The van der Waals surface area contributed by atoms with Gasteiger partial charge in [0.05, 0.1) is 51.6 Å². The Kier molecular flexibility index (Phi) is 9.23. The minimum Gasteiger partial charge on any atom is -0.319 e. The van der Waals surface area contributed by atoms with Crippen molar-refractivity contribution >= 4 is 49.3 Å². The van der Waals surface area contributed by atoms with Gasteiger partial charge in [0.1, 0.15) is 0 Å². The van der Waals surface area contributed by atoms with Gasteiger partial charge in [0, 0.05) is 21.5 Å². The van der Waals surface area contributed by atoms with Crippen LogP contribution >= 0.6 is 0 Å². The topological polar surface area (TPSA) is 38.0 Å². The maximum atomic E-state index is 10.1. The van der Waals surface area contributed by atoms with Crippen molar-refractivity contribution in [2.45, 2.75) is 0 Å². The van der Waals surface area contributed by atoms with E-state index in [9.17, 15) is 11.8 Å². The Labute approximate surface area is 382 Å². The molecule has 0 aliphatic rings. The molecule has 0 radical (unpaired) electrons. The second kappa shape index (κ2) is 15.8. The fourth-order valence-corrected chi connectivity index (χ4v) is 9.86. The fourth-order valence-electron chi connectivity index (χ4n) is 9.86. The number of hydrogen-bond acceptors (Lipinski definition) is 1. The Morgan fingerprint density at radius 1 is 0.348 bits per heavy atom. The number of benzene rings is 10. The molecule has 0 amide bonds. The molecule has 0 unspecified atom stereocenters. The number of hydrogen-bond donors (Lipinski definition) is 0. The van der Waals surface area contributed by atoms with E-state index in [0.717, 1.165) is 111 Å². The highest BCUT2D eigenvalue weighted by Gasteiger charge is 2.25. The van der Waals surface area contributed by atoms with E-state index < -0.39 is 0 Å². The molecule has 66 heavy (non-hydrogen) atoms. The molecule has 0 atom stereocenters. The number of rotatable bonds is 7. The van der Waals surface area contributed by atoms with Gasteiger partial charge in [-0.05, 0) is 122 Å². The molecule has 12 rings (SSSR count). The smallest absolute Gasteiger partial charge is 0.234 e. The van der Waals surface area contributed by atoms with Crippen LogP contribution in [0.25, 0.3) is 115 Å². The average molecular weight is 839 g/mol. The van der Waals surface area contributed by atoms with Crippen LogP contribution in [0.1, 0.15) is 5.56 Å². The van der Waals surface area contributed by atoms with Crippen molar-refractivity contribution in [3.8, 4) is 73.1 Å². The van der Waals surface area contributed by atoms with Crippen LogP contribution < -0.4 is 0 Å². The first-order chi connectivity index (χ1) is 32.6. The van der Waals surface area contributed by atoms with E-state index in [2.05, 4.69) is 202 Å². The molecule has 2 aromatic heterocycles. The third-order valence-corrected chi connectivity index (χ3v) is 13.0. The highest BCUT2D eigenvalue weighted by atomic mass is 15.1. The van der Waals surface area contributed by atoms with Gasteiger partial charge >= 0.3 is 0 Å². The van der Waals surface area contributed by atoms with Crippen molar-refractivity contribution in [2.75, 3.05) is 0 Å².